The molecule has 1 aromatic heterocycles. The Labute approximate surface area is 138 Å². The molecule has 0 radical (unpaired) electrons. The maximum absolute atomic E-state index is 12.1. The first kappa shape index (κ1) is 19.5. The second-order valence-electron chi connectivity index (χ2n) is 5.15. The van der Waals surface area contributed by atoms with E-state index >= 15 is 0 Å². The van der Waals surface area contributed by atoms with Gasteiger partial charge in [0, 0.05) is 24.7 Å². The molecule has 130 valence electrons. The number of ether oxygens (including phenoxy) is 1. The van der Waals surface area contributed by atoms with Crippen molar-refractivity contribution in [2.45, 2.75) is 25.6 Å². The van der Waals surface area contributed by atoms with Crippen LogP contribution >= 0.6 is 12.4 Å². The monoisotopic (exact) mass is 353 g/mol. The molecule has 0 aromatic carbocycles. The Hall–Kier alpha value is -1.54. The zero-order chi connectivity index (χ0) is 16.0. The van der Waals surface area contributed by atoms with E-state index in [2.05, 4.69) is 20.4 Å². The third kappa shape index (κ3) is 7.04. The zero-order valence-corrected chi connectivity index (χ0v) is 13.2. The molecule has 0 saturated carbocycles. The standard InChI is InChI=1S/C14H18F3N3O2.ClH/c15-14(16,17)9-22-12-7-10(1-6-19-12)8-20-13(21)11-2-4-18-5-3-11;/h1,6-7,11,18H,2-5,8-9H2,(H,20,21);1H. The molecular weight excluding hydrogens is 335 g/mol. The molecule has 23 heavy (non-hydrogen) atoms. The summed E-state index contributed by atoms with van der Waals surface area (Å²) in [5.41, 5.74) is 0.648. The minimum Gasteiger partial charge on any atom is -0.468 e. The van der Waals surface area contributed by atoms with Crippen molar-refractivity contribution in [1.29, 1.82) is 0 Å². The Kier molecular flexibility index (Phi) is 7.57. The molecule has 1 aliphatic heterocycles. The summed E-state index contributed by atoms with van der Waals surface area (Å²) in [5, 5.41) is 5.98. The summed E-state index contributed by atoms with van der Waals surface area (Å²) >= 11 is 0. The molecular formula is C14H19ClF3N3O2. The topological polar surface area (TPSA) is 63.2 Å². The smallest absolute Gasteiger partial charge is 0.422 e. The van der Waals surface area contributed by atoms with E-state index in [0.29, 0.717) is 5.56 Å². The summed E-state index contributed by atoms with van der Waals surface area (Å²) in [6, 6.07) is 3.03. The van der Waals surface area contributed by atoms with Crippen molar-refractivity contribution in [1.82, 2.24) is 15.6 Å². The van der Waals surface area contributed by atoms with Gasteiger partial charge in [-0.05, 0) is 37.6 Å². The summed E-state index contributed by atoms with van der Waals surface area (Å²) < 4.78 is 40.8. The van der Waals surface area contributed by atoms with Crippen LogP contribution in [-0.2, 0) is 11.3 Å². The number of carbonyl (C=O) groups excluding carboxylic acids is 1. The van der Waals surface area contributed by atoms with Gasteiger partial charge in [-0.15, -0.1) is 12.4 Å². The predicted octanol–water partition coefficient (Wildman–Crippen LogP) is 2.06. The van der Waals surface area contributed by atoms with Crippen LogP contribution in [0.2, 0.25) is 0 Å². The van der Waals surface area contributed by atoms with E-state index in [9.17, 15) is 18.0 Å². The molecule has 2 rings (SSSR count). The van der Waals surface area contributed by atoms with Crippen LogP contribution in [0, 0.1) is 5.92 Å². The van der Waals surface area contributed by atoms with Crippen LogP contribution in [0.3, 0.4) is 0 Å². The van der Waals surface area contributed by atoms with Crippen LogP contribution in [0.15, 0.2) is 18.3 Å². The van der Waals surface area contributed by atoms with Crippen LogP contribution in [0.4, 0.5) is 13.2 Å². The van der Waals surface area contributed by atoms with Gasteiger partial charge in [0.25, 0.3) is 0 Å². The number of rotatable bonds is 5. The van der Waals surface area contributed by atoms with Crippen molar-refractivity contribution in [3.05, 3.63) is 23.9 Å². The minimum absolute atomic E-state index is 0. The number of carbonyl (C=O) groups is 1. The molecule has 2 heterocycles. The fourth-order valence-electron chi connectivity index (χ4n) is 2.21. The van der Waals surface area contributed by atoms with Gasteiger partial charge in [-0.3, -0.25) is 4.79 Å². The Bertz CT molecular complexity index is 508. The lowest BCUT2D eigenvalue weighted by Gasteiger charge is -2.21. The lowest BCUT2D eigenvalue weighted by molar-refractivity contribution is -0.154. The number of hydrogen-bond donors (Lipinski definition) is 2. The van der Waals surface area contributed by atoms with E-state index in [1.54, 1.807) is 6.07 Å². The molecule has 0 atom stereocenters. The highest BCUT2D eigenvalue weighted by Crippen LogP contribution is 2.18. The third-order valence-electron chi connectivity index (χ3n) is 3.36. The van der Waals surface area contributed by atoms with Crippen molar-refractivity contribution in [3.63, 3.8) is 0 Å². The summed E-state index contributed by atoms with van der Waals surface area (Å²) in [5.74, 6) is -0.147. The van der Waals surface area contributed by atoms with E-state index in [1.165, 1.54) is 12.3 Å². The largest absolute Gasteiger partial charge is 0.468 e. The average molecular weight is 354 g/mol. The van der Waals surface area contributed by atoms with Crippen LogP contribution in [0.1, 0.15) is 18.4 Å². The van der Waals surface area contributed by atoms with Gasteiger partial charge in [0.05, 0.1) is 0 Å². The maximum atomic E-state index is 12.1. The first-order valence-electron chi connectivity index (χ1n) is 7.07. The normalized spacial score (nSPS) is 15.6. The van der Waals surface area contributed by atoms with Gasteiger partial charge in [-0.25, -0.2) is 4.98 Å². The zero-order valence-electron chi connectivity index (χ0n) is 12.4. The van der Waals surface area contributed by atoms with Crippen molar-refractivity contribution in [2.75, 3.05) is 19.7 Å². The van der Waals surface area contributed by atoms with Crippen molar-refractivity contribution in [3.8, 4) is 5.88 Å². The first-order valence-corrected chi connectivity index (χ1v) is 7.07. The number of amides is 1. The predicted molar refractivity (Wildman–Crippen MR) is 80.5 cm³/mol. The van der Waals surface area contributed by atoms with Gasteiger partial charge >= 0.3 is 6.18 Å². The number of nitrogens with one attached hydrogen (secondary N) is 2. The van der Waals surface area contributed by atoms with Crippen LogP contribution in [-0.4, -0.2) is 36.8 Å². The highest BCUT2D eigenvalue weighted by atomic mass is 35.5. The highest BCUT2D eigenvalue weighted by Gasteiger charge is 2.28. The lowest BCUT2D eigenvalue weighted by atomic mass is 9.97. The summed E-state index contributed by atoms with van der Waals surface area (Å²) in [7, 11) is 0. The number of hydrogen-bond acceptors (Lipinski definition) is 4. The number of piperidine rings is 1. The number of alkyl halides is 3. The number of halogens is 4. The Morgan fingerprint density at radius 3 is 2.74 bits per heavy atom. The molecule has 1 aliphatic rings. The third-order valence-corrected chi connectivity index (χ3v) is 3.36. The molecule has 0 bridgehead atoms. The fraction of sp³-hybridized carbons (Fsp3) is 0.571. The van der Waals surface area contributed by atoms with Crippen molar-refractivity contribution < 1.29 is 22.7 Å². The number of aromatic nitrogens is 1. The first-order chi connectivity index (χ1) is 10.4. The van der Waals surface area contributed by atoms with E-state index < -0.39 is 12.8 Å². The van der Waals surface area contributed by atoms with Crippen molar-refractivity contribution >= 4 is 18.3 Å². The Morgan fingerprint density at radius 1 is 1.39 bits per heavy atom. The highest BCUT2D eigenvalue weighted by molar-refractivity contribution is 5.85. The molecule has 0 aliphatic carbocycles. The second kappa shape index (κ2) is 8.93. The van der Waals surface area contributed by atoms with Crippen LogP contribution in [0.5, 0.6) is 5.88 Å². The van der Waals surface area contributed by atoms with Gasteiger partial charge in [0.1, 0.15) is 0 Å². The molecule has 1 fully saturated rings. The fourth-order valence-corrected chi connectivity index (χ4v) is 2.21. The minimum atomic E-state index is -4.40. The SMILES string of the molecule is Cl.O=C(NCc1ccnc(OCC(F)(F)F)c1)C1CCNCC1. The summed E-state index contributed by atoms with van der Waals surface area (Å²) in [6.45, 7) is 0.504. The quantitative estimate of drug-likeness (QED) is 0.850. The summed E-state index contributed by atoms with van der Waals surface area (Å²) in [6.07, 6.45) is -1.46. The van der Waals surface area contributed by atoms with Gasteiger partial charge in [0.2, 0.25) is 11.8 Å². The van der Waals surface area contributed by atoms with Gasteiger partial charge in [-0.1, -0.05) is 0 Å². The second-order valence-corrected chi connectivity index (χ2v) is 5.15. The van der Waals surface area contributed by atoms with E-state index in [4.69, 9.17) is 0 Å². The molecule has 1 amide bonds. The number of pyridine rings is 1. The average Bonchev–Trinajstić information content (AvgIpc) is 2.51. The van der Waals surface area contributed by atoms with E-state index in [-0.39, 0.29) is 36.7 Å². The molecule has 1 saturated heterocycles. The summed E-state index contributed by atoms with van der Waals surface area (Å²) in [4.78, 5) is 15.7. The molecule has 2 N–H and O–H groups in total. The van der Waals surface area contributed by atoms with Crippen LogP contribution in [0.25, 0.3) is 0 Å². The molecule has 0 spiro atoms. The van der Waals surface area contributed by atoms with Gasteiger partial charge < -0.3 is 15.4 Å². The molecule has 5 nitrogen and oxygen atoms in total. The van der Waals surface area contributed by atoms with E-state index in [0.717, 1.165) is 25.9 Å². The van der Waals surface area contributed by atoms with Crippen LogP contribution < -0.4 is 15.4 Å². The lowest BCUT2D eigenvalue weighted by Crippen LogP contribution is -2.37. The Balaban J connectivity index is 0.00000264. The van der Waals surface area contributed by atoms with Crippen molar-refractivity contribution in [2.24, 2.45) is 5.92 Å². The Morgan fingerprint density at radius 2 is 2.09 bits per heavy atom. The van der Waals surface area contributed by atoms with Gasteiger partial charge in [-0.2, -0.15) is 13.2 Å². The van der Waals surface area contributed by atoms with E-state index in [1.807, 2.05) is 0 Å². The molecule has 9 heteroatoms. The molecule has 1 aromatic rings. The number of nitrogens with zero attached hydrogens (tertiary/aromatic N) is 1. The molecule has 0 unspecified atom stereocenters. The van der Waals surface area contributed by atoms with Gasteiger partial charge in [0.15, 0.2) is 6.61 Å². The maximum Gasteiger partial charge on any atom is 0.422 e.